The first kappa shape index (κ1) is 18.9. The van der Waals surface area contributed by atoms with Gasteiger partial charge in [0.05, 0.1) is 11.2 Å². The molecule has 0 saturated heterocycles. The number of anilines is 1. The van der Waals surface area contributed by atoms with Gasteiger partial charge in [-0.25, -0.2) is 13.1 Å². The van der Waals surface area contributed by atoms with Crippen molar-refractivity contribution in [1.82, 2.24) is 4.72 Å². The highest BCUT2D eigenvalue weighted by Crippen LogP contribution is 2.17. The average Bonchev–Trinajstić information content (AvgIpc) is 3.16. The number of hydrogen-bond donors (Lipinski definition) is 2. The summed E-state index contributed by atoms with van der Waals surface area (Å²) in [5.74, 6) is -0.122. The van der Waals surface area contributed by atoms with Crippen molar-refractivity contribution in [2.45, 2.75) is 25.3 Å². The summed E-state index contributed by atoms with van der Waals surface area (Å²) >= 11 is 0. The highest BCUT2D eigenvalue weighted by molar-refractivity contribution is 7.89. The fourth-order valence-electron chi connectivity index (χ4n) is 2.66. The Morgan fingerprint density at radius 1 is 1.04 bits per heavy atom. The van der Waals surface area contributed by atoms with Crippen LogP contribution >= 0.6 is 0 Å². The molecule has 0 fully saturated rings. The van der Waals surface area contributed by atoms with Crippen molar-refractivity contribution < 1.29 is 17.6 Å². The van der Waals surface area contributed by atoms with Crippen LogP contribution in [0.2, 0.25) is 0 Å². The van der Waals surface area contributed by atoms with E-state index in [1.165, 1.54) is 6.26 Å². The SMILES string of the molecule is Cc1ccc(S(=O)(=O)NCc2ccc(NC(=O)c3ccco3)cc2)c(C)c1. The van der Waals surface area contributed by atoms with Gasteiger partial charge in [0.15, 0.2) is 5.76 Å². The fourth-order valence-corrected chi connectivity index (χ4v) is 3.91. The number of carbonyl (C=O) groups is 1. The van der Waals surface area contributed by atoms with Crippen LogP contribution in [-0.4, -0.2) is 14.3 Å². The quantitative estimate of drug-likeness (QED) is 0.679. The lowest BCUT2D eigenvalue weighted by Crippen LogP contribution is -2.24. The van der Waals surface area contributed by atoms with Gasteiger partial charge in [0.1, 0.15) is 0 Å². The van der Waals surface area contributed by atoms with Crippen LogP contribution in [-0.2, 0) is 16.6 Å². The van der Waals surface area contributed by atoms with E-state index in [2.05, 4.69) is 10.0 Å². The molecule has 2 aromatic carbocycles. The lowest BCUT2D eigenvalue weighted by molar-refractivity contribution is 0.0996. The first-order chi connectivity index (χ1) is 12.8. The van der Waals surface area contributed by atoms with Crippen LogP contribution in [0.4, 0.5) is 5.69 Å². The van der Waals surface area contributed by atoms with Gasteiger partial charge >= 0.3 is 0 Å². The normalized spacial score (nSPS) is 11.3. The lowest BCUT2D eigenvalue weighted by atomic mass is 10.2. The number of aryl methyl sites for hydroxylation is 2. The number of rotatable bonds is 6. The summed E-state index contributed by atoms with van der Waals surface area (Å²) in [6.45, 7) is 3.85. The Bertz CT molecular complexity index is 1040. The van der Waals surface area contributed by atoms with Crippen LogP contribution in [0.1, 0.15) is 27.2 Å². The molecule has 6 nitrogen and oxygen atoms in total. The van der Waals surface area contributed by atoms with E-state index >= 15 is 0 Å². The first-order valence-corrected chi connectivity index (χ1v) is 9.84. The molecule has 0 bridgehead atoms. The number of nitrogens with one attached hydrogen (secondary N) is 2. The second-order valence-corrected chi connectivity index (χ2v) is 7.96. The predicted octanol–water partition coefficient (Wildman–Crippen LogP) is 3.63. The predicted molar refractivity (Wildman–Crippen MR) is 103 cm³/mol. The van der Waals surface area contributed by atoms with Gasteiger partial charge in [0.2, 0.25) is 10.0 Å². The van der Waals surface area contributed by atoms with Gasteiger partial charge in [-0.05, 0) is 55.3 Å². The standard InChI is InChI=1S/C20H20N2O4S/c1-14-5-10-19(15(2)12-14)27(24,25)21-13-16-6-8-17(9-7-16)22-20(23)18-4-3-11-26-18/h3-12,21H,13H2,1-2H3,(H,22,23). The molecule has 1 amide bonds. The van der Waals surface area contributed by atoms with E-state index in [1.54, 1.807) is 55.5 Å². The number of furan rings is 1. The van der Waals surface area contributed by atoms with E-state index in [1.807, 2.05) is 13.0 Å². The Morgan fingerprint density at radius 2 is 1.78 bits per heavy atom. The van der Waals surface area contributed by atoms with E-state index in [4.69, 9.17) is 4.42 Å². The summed E-state index contributed by atoms with van der Waals surface area (Å²) in [5.41, 5.74) is 3.09. The highest BCUT2D eigenvalue weighted by Gasteiger charge is 2.16. The molecule has 3 aromatic rings. The summed E-state index contributed by atoms with van der Waals surface area (Å²) in [7, 11) is -3.60. The number of amides is 1. The zero-order chi connectivity index (χ0) is 19.4. The summed E-state index contributed by atoms with van der Waals surface area (Å²) in [6, 6.07) is 15.4. The van der Waals surface area contributed by atoms with E-state index in [-0.39, 0.29) is 23.1 Å². The first-order valence-electron chi connectivity index (χ1n) is 8.36. The Balaban J connectivity index is 1.63. The van der Waals surface area contributed by atoms with Crippen LogP contribution in [0.25, 0.3) is 0 Å². The molecule has 0 spiro atoms. The molecule has 27 heavy (non-hydrogen) atoms. The van der Waals surface area contributed by atoms with E-state index in [0.717, 1.165) is 11.1 Å². The van der Waals surface area contributed by atoms with Gasteiger partial charge in [0, 0.05) is 12.2 Å². The summed E-state index contributed by atoms with van der Waals surface area (Å²) in [5, 5.41) is 2.71. The van der Waals surface area contributed by atoms with E-state index < -0.39 is 10.0 Å². The monoisotopic (exact) mass is 384 g/mol. The van der Waals surface area contributed by atoms with Gasteiger partial charge in [-0.1, -0.05) is 29.8 Å². The second kappa shape index (κ2) is 7.77. The van der Waals surface area contributed by atoms with Gasteiger partial charge in [0.25, 0.3) is 5.91 Å². The molecule has 0 atom stereocenters. The maximum Gasteiger partial charge on any atom is 0.291 e. The zero-order valence-electron chi connectivity index (χ0n) is 15.0. The van der Waals surface area contributed by atoms with Crippen molar-refractivity contribution in [3.8, 4) is 0 Å². The minimum absolute atomic E-state index is 0.155. The Kier molecular flexibility index (Phi) is 5.43. The molecular weight excluding hydrogens is 364 g/mol. The zero-order valence-corrected chi connectivity index (χ0v) is 15.8. The molecule has 0 aliphatic rings. The maximum atomic E-state index is 12.5. The Labute approximate surface area is 158 Å². The topological polar surface area (TPSA) is 88.4 Å². The number of hydrogen-bond acceptors (Lipinski definition) is 4. The Hall–Kier alpha value is -2.90. The lowest BCUT2D eigenvalue weighted by Gasteiger charge is -2.10. The van der Waals surface area contributed by atoms with Crippen LogP contribution in [0.5, 0.6) is 0 Å². The largest absolute Gasteiger partial charge is 0.459 e. The maximum absolute atomic E-state index is 12.5. The van der Waals surface area contributed by atoms with Crippen molar-refractivity contribution in [3.05, 3.63) is 83.3 Å². The average molecular weight is 384 g/mol. The molecule has 0 saturated carbocycles. The fraction of sp³-hybridized carbons (Fsp3) is 0.150. The van der Waals surface area contributed by atoms with E-state index in [0.29, 0.717) is 11.3 Å². The van der Waals surface area contributed by atoms with Gasteiger partial charge in [-0.2, -0.15) is 0 Å². The number of benzene rings is 2. The molecule has 1 aromatic heterocycles. The molecule has 3 rings (SSSR count). The smallest absolute Gasteiger partial charge is 0.291 e. The van der Waals surface area contributed by atoms with Crippen LogP contribution in [0.15, 0.2) is 70.2 Å². The highest BCUT2D eigenvalue weighted by atomic mass is 32.2. The van der Waals surface area contributed by atoms with Crippen molar-refractivity contribution in [3.63, 3.8) is 0 Å². The van der Waals surface area contributed by atoms with Gasteiger partial charge in [-0.3, -0.25) is 4.79 Å². The van der Waals surface area contributed by atoms with Crippen molar-refractivity contribution in [1.29, 1.82) is 0 Å². The minimum atomic E-state index is -3.60. The van der Waals surface area contributed by atoms with E-state index in [9.17, 15) is 13.2 Å². The van der Waals surface area contributed by atoms with Crippen molar-refractivity contribution in [2.24, 2.45) is 0 Å². The number of sulfonamides is 1. The third-order valence-electron chi connectivity index (χ3n) is 4.04. The summed E-state index contributed by atoms with van der Waals surface area (Å²) in [4.78, 5) is 12.2. The summed E-state index contributed by atoms with van der Waals surface area (Å²) in [6.07, 6.45) is 1.43. The third kappa shape index (κ3) is 4.64. The molecule has 0 radical (unpaired) electrons. The molecule has 7 heteroatoms. The van der Waals surface area contributed by atoms with Crippen LogP contribution < -0.4 is 10.0 Å². The van der Waals surface area contributed by atoms with Crippen molar-refractivity contribution >= 4 is 21.6 Å². The molecular formula is C20H20N2O4S. The van der Waals surface area contributed by atoms with Crippen molar-refractivity contribution in [2.75, 3.05) is 5.32 Å². The van der Waals surface area contributed by atoms with Gasteiger partial charge < -0.3 is 9.73 Å². The molecule has 2 N–H and O–H groups in total. The van der Waals surface area contributed by atoms with Crippen LogP contribution in [0, 0.1) is 13.8 Å². The molecule has 0 unspecified atom stereocenters. The molecule has 0 aliphatic heterocycles. The molecule has 0 aliphatic carbocycles. The van der Waals surface area contributed by atoms with Gasteiger partial charge in [-0.15, -0.1) is 0 Å². The molecule has 1 heterocycles. The third-order valence-corrected chi connectivity index (χ3v) is 5.60. The number of carbonyl (C=O) groups excluding carboxylic acids is 1. The Morgan fingerprint density at radius 3 is 2.41 bits per heavy atom. The second-order valence-electron chi connectivity index (χ2n) is 6.22. The summed E-state index contributed by atoms with van der Waals surface area (Å²) < 4.78 is 32.6. The molecule has 140 valence electrons. The minimum Gasteiger partial charge on any atom is -0.459 e. The van der Waals surface area contributed by atoms with Crippen LogP contribution in [0.3, 0.4) is 0 Å².